The molecule has 0 fully saturated rings. The third kappa shape index (κ3) is 3.81. The zero-order valence-corrected chi connectivity index (χ0v) is 16.4. The maximum atomic E-state index is 13.9. The zero-order valence-electron chi connectivity index (χ0n) is 15.5. The number of esters is 1. The minimum atomic E-state index is -1.42. The number of hydrogen-bond acceptors (Lipinski definition) is 7. The number of nitrogens with one attached hydrogen (secondary N) is 1. The number of hydrogen-bond donors (Lipinski definition) is 2. The van der Waals surface area contributed by atoms with Crippen molar-refractivity contribution in [3.05, 3.63) is 51.7 Å². The van der Waals surface area contributed by atoms with Gasteiger partial charge in [-0.3, -0.25) is 0 Å². The molecule has 1 unspecified atom stereocenters. The molecule has 9 heteroatoms. The molecule has 0 bridgehead atoms. The Morgan fingerprint density at radius 3 is 2.61 bits per heavy atom. The molecule has 2 aromatic heterocycles. The summed E-state index contributed by atoms with van der Waals surface area (Å²) < 4.78 is 32.8. The Morgan fingerprint density at radius 2 is 1.96 bits per heavy atom. The van der Waals surface area contributed by atoms with Crippen LogP contribution >= 0.6 is 11.3 Å². The average molecular weight is 407 g/mol. The van der Waals surface area contributed by atoms with E-state index in [4.69, 9.17) is 4.74 Å². The molecule has 148 valence electrons. The lowest BCUT2D eigenvalue weighted by molar-refractivity contribution is 0.0531. The highest BCUT2D eigenvalue weighted by molar-refractivity contribution is 7.20. The van der Waals surface area contributed by atoms with Crippen LogP contribution < -0.4 is 5.32 Å². The van der Waals surface area contributed by atoms with E-state index in [1.54, 1.807) is 20.8 Å². The van der Waals surface area contributed by atoms with Gasteiger partial charge in [0.2, 0.25) is 0 Å². The second kappa shape index (κ2) is 8.15. The van der Waals surface area contributed by atoms with E-state index in [-0.39, 0.29) is 13.2 Å². The first-order chi connectivity index (χ1) is 13.3. The van der Waals surface area contributed by atoms with Crippen molar-refractivity contribution in [3.63, 3.8) is 0 Å². The second-order valence-corrected chi connectivity index (χ2v) is 7.11. The first-order valence-corrected chi connectivity index (χ1v) is 9.45. The van der Waals surface area contributed by atoms with Crippen LogP contribution in [0.5, 0.6) is 0 Å². The minimum Gasteiger partial charge on any atom is -0.462 e. The van der Waals surface area contributed by atoms with Gasteiger partial charge in [0.1, 0.15) is 39.1 Å². The molecule has 0 radical (unpaired) electrons. The molecule has 0 amide bonds. The van der Waals surface area contributed by atoms with Crippen LogP contribution in [0.15, 0.2) is 18.2 Å². The average Bonchev–Trinajstić information content (AvgIpc) is 2.96. The Bertz CT molecular complexity index is 1020. The lowest BCUT2D eigenvalue weighted by atomic mass is 10.1. The topological polar surface area (TPSA) is 84.3 Å². The molecular formula is C19H19F2N3O3S. The smallest absolute Gasteiger partial charge is 0.348 e. The van der Waals surface area contributed by atoms with Crippen molar-refractivity contribution in [2.24, 2.45) is 0 Å². The van der Waals surface area contributed by atoms with Gasteiger partial charge in [-0.1, -0.05) is 6.07 Å². The lowest BCUT2D eigenvalue weighted by Gasteiger charge is -2.15. The van der Waals surface area contributed by atoms with Crippen molar-refractivity contribution in [2.75, 3.05) is 18.5 Å². The fourth-order valence-electron chi connectivity index (χ4n) is 2.89. The predicted molar refractivity (Wildman–Crippen MR) is 103 cm³/mol. The standard InChI is InChI=1S/C19H19F2N3O3S/c1-4-27-19(26)16-9(2)14-17(23-10(3)24-18(14)28-16)22-8-13(25)15-11(20)6-5-7-12(15)21/h5-7,13,25H,4,8H2,1-3H3,(H,22,23,24). The van der Waals surface area contributed by atoms with E-state index < -0.39 is 29.3 Å². The number of carbonyl (C=O) groups is 1. The molecule has 2 N–H and O–H groups in total. The number of carbonyl (C=O) groups excluding carboxylic acids is 1. The summed E-state index contributed by atoms with van der Waals surface area (Å²) in [5.41, 5.74) is 0.235. The van der Waals surface area contributed by atoms with Gasteiger partial charge in [0.25, 0.3) is 0 Å². The molecule has 3 aromatic rings. The van der Waals surface area contributed by atoms with E-state index in [1.165, 1.54) is 17.4 Å². The summed E-state index contributed by atoms with van der Waals surface area (Å²) >= 11 is 1.19. The number of ether oxygens (including phenoxy) is 1. The van der Waals surface area contributed by atoms with Gasteiger partial charge in [-0.25, -0.2) is 23.5 Å². The molecule has 0 aliphatic rings. The van der Waals surface area contributed by atoms with E-state index >= 15 is 0 Å². The number of rotatable bonds is 6. The first kappa shape index (κ1) is 20.1. The number of aromatic nitrogens is 2. The summed E-state index contributed by atoms with van der Waals surface area (Å²) in [5, 5.41) is 13.8. The van der Waals surface area contributed by atoms with Crippen molar-refractivity contribution < 1.29 is 23.4 Å². The highest BCUT2D eigenvalue weighted by atomic mass is 32.1. The van der Waals surface area contributed by atoms with Crippen molar-refractivity contribution in [2.45, 2.75) is 26.9 Å². The normalized spacial score (nSPS) is 12.2. The van der Waals surface area contributed by atoms with E-state index in [2.05, 4.69) is 15.3 Å². The van der Waals surface area contributed by atoms with Crippen LogP contribution in [0, 0.1) is 25.5 Å². The van der Waals surface area contributed by atoms with Gasteiger partial charge < -0.3 is 15.2 Å². The van der Waals surface area contributed by atoms with Gasteiger partial charge in [0, 0.05) is 6.54 Å². The first-order valence-electron chi connectivity index (χ1n) is 8.64. The monoisotopic (exact) mass is 407 g/mol. The van der Waals surface area contributed by atoms with E-state index in [9.17, 15) is 18.7 Å². The molecule has 0 aliphatic heterocycles. The summed E-state index contributed by atoms with van der Waals surface area (Å²) in [6, 6.07) is 3.41. The van der Waals surface area contributed by atoms with Crippen LogP contribution in [0.2, 0.25) is 0 Å². The molecule has 28 heavy (non-hydrogen) atoms. The molecular weight excluding hydrogens is 388 g/mol. The van der Waals surface area contributed by atoms with Gasteiger partial charge >= 0.3 is 5.97 Å². The van der Waals surface area contributed by atoms with Gasteiger partial charge in [-0.05, 0) is 38.5 Å². The Balaban J connectivity index is 1.93. The Kier molecular flexibility index (Phi) is 5.85. The number of fused-ring (bicyclic) bond motifs is 1. The number of aliphatic hydroxyl groups is 1. The predicted octanol–water partition coefficient (Wildman–Crippen LogP) is 3.91. The van der Waals surface area contributed by atoms with Crippen LogP contribution in [0.4, 0.5) is 14.6 Å². The molecule has 1 aromatic carbocycles. The fraction of sp³-hybridized carbons (Fsp3) is 0.316. The highest BCUT2D eigenvalue weighted by Crippen LogP contribution is 2.34. The SMILES string of the molecule is CCOC(=O)c1sc2nc(C)nc(NCC(O)c3c(F)cccc3F)c2c1C. The summed E-state index contributed by atoms with van der Waals surface area (Å²) in [6.45, 7) is 5.25. The molecule has 2 heterocycles. The van der Waals surface area contributed by atoms with E-state index in [0.29, 0.717) is 32.3 Å². The van der Waals surface area contributed by atoms with Crippen molar-refractivity contribution >= 4 is 33.3 Å². The number of halogens is 2. The number of aryl methyl sites for hydroxylation is 2. The largest absolute Gasteiger partial charge is 0.462 e. The number of benzene rings is 1. The molecule has 0 saturated carbocycles. The summed E-state index contributed by atoms with van der Waals surface area (Å²) in [6.07, 6.45) is -1.42. The number of nitrogens with zero attached hydrogens (tertiary/aromatic N) is 2. The molecule has 6 nitrogen and oxygen atoms in total. The van der Waals surface area contributed by atoms with Gasteiger partial charge in [0.05, 0.1) is 17.6 Å². The zero-order chi connectivity index (χ0) is 20.4. The van der Waals surface area contributed by atoms with Gasteiger partial charge in [0.15, 0.2) is 0 Å². The summed E-state index contributed by atoms with van der Waals surface area (Å²) in [5.74, 6) is -1.26. The van der Waals surface area contributed by atoms with Gasteiger partial charge in [-0.2, -0.15) is 0 Å². The molecule has 3 rings (SSSR count). The van der Waals surface area contributed by atoms with E-state index in [0.717, 1.165) is 12.1 Å². The fourth-order valence-corrected chi connectivity index (χ4v) is 4.01. The van der Waals surface area contributed by atoms with Crippen molar-refractivity contribution in [1.29, 1.82) is 0 Å². The van der Waals surface area contributed by atoms with Gasteiger partial charge in [-0.15, -0.1) is 11.3 Å². The summed E-state index contributed by atoms with van der Waals surface area (Å²) in [4.78, 5) is 21.8. The molecule has 0 aliphatic carbocycles. The number of anilines is 1. The van der Waals surface area contributed by atoms with Crippen LogP contribution in [-0.2, 0) is 4.74 Å². The Hall–Kier alpha value is -2.65. The lowest BCUT2D eigenvalue weighted by Crippen LogP contribution is -2.16. The maximum absolute atomic E-state index is 13.9. The minimum absolute atomic E-state index is 0.173. The number of thiophene rings is 1. The quantitative estimate of drug-likeness (QED) is 0.603. The van der Waals surface area contributed by atoms with Crippen molar-refractivity contribution in [1.82, 2.24) is 9.97 Å². The number of aliphatic hydroxyl groups excluding tert-OH is 1. The van der Waals surface area contributed by atoms with Crippen LogP contribution in [-0.4, -0.2) is 34.2 Å². The van der Waals surface area contributed by atoms with Crippen LogP contribution in [0.3, 0.4) is 0 Å². The van der Waals surface area contributed by atoms with E-state index in [1.807, 2.05) is 0 Å². The molecule has 0 saturated heterocycles. The molecule has 1 atom stereocenters. The Labute approximate surface area is 164 Å². The van der Waals surface area contributed by atoms with Crippen molar-refractivity contribution in [3.8, 4) is 0 Å². The van der Waals surface area contributed by atoms with Crippen LogP contribution in [0.25, 0.3) is 10.2 Å². The second-order valence-electron chi connectivity index (χ2n) is 6.11. The Morgan fingerprint density at radius 1 is 1.29 bits per heavy atom. The van der Waals surface area contributed by atoms with Crippen LogP contribution in [0.1, 0.15) is 39.7 Å². The third-order valence-electron chi connectivity index (χ3n) is 4.16. The molecule has 0 spiro atoms. The summed E-state index contributed by atoms with van der Waals surface area (Å²) in [7, 11) is 0. The highest BCUT2D eigenvalue weighted by Gasteiger charge is 2.22. The third-order valence-corrected chi connectivity index (χ3v) is 5.32. The maximum Gasteiger partial charge on any atom is 0.348 e.